The average molecular weight is 737 g/mol. The lowest BCUT2D eigenvalue weighted by Crippen LogP contribution is -2.43. The molecule has 0 spiro atoms. The molecular formula is C29H44N4O14S2. The maximum Gasteiger partial charge on any atom is 0.418 e. The highest BCUT2D eigenvalue weighted by Crippen LogP contribution is 2.57. The van der Waals surface area contributed by atoms with E-state index in [9.17, 15) is 58.5 Å². The van der Waals surface area contributed by atoms with Gasteiger partial charge in [0.15, 0.2) is 10.2 Å². The lowest BCUT2D eigenvalue weighted by Gasteiger charge is -2.24. The summed E-state index contributed by atoms with van der Waals surface area (Å²) in [5.41, 5.74) is 0. The van der Waals surface area contributed by atoms with Crippen molar-refractivity contribution in [2.75, 3.05) is 13.1 Å². The number of aliphatic carboxylic acids is 4. The van der Waals surface area contributed by atoms with Crippen LogP contribution in [0.25, 0.3) is 0 Å². The van der Waals surface area contributed by atoms with Crippen LogP contribution in [0.5, 0.6) is 0 Å². The van der Waals surface area contributed by atoms with E-state index in [1.54, 1.807) is 0 Å². The minimum Gasteiger partial charge on any atom is -0.481 e. The number of hydrogen-bond acceptors (Lipinski definition) is 12. The lowest BCUT2D eigenvalue weighted by atomic mass is 10.0. The number of carbonyl (C=O) groups is 9. The topological polar surface area (TPSA) is 292 Å². The molecular weight excluding hydrogens is 692 g/mol. The Bertz CT molecular complexity index is 1240. The fourth-order valence-corrected chi connectivity index (χ4v) is 5.92. The van der Waals surface area contributed by atoms with E-state index in [1.807, 2.05) is 6.92 Å². The van der Waals surface area contributed by atoms with Gasteiger partial charge < -0.3 is 45.9 Å². The van der Waals surface area contributed by atoms with Crippen molar-refractivity contribution in [2.45, 2.75) is 105 Å². The van der Waals surface area contributed by atoms with Gasteiger partial charge >= 0.3 is 30.0 Å². The fourth-order valence-electron chi connectivity index (χ4n) is 4.24. The van der Waals surface area contributed by atoms with Crippen LogP contribution < -0.4 is 20.7 Å². The summed E-state index contributed by atoms with van der Waals surface area (Å²) in [6, 6.07) is -1.35. The van der Waals surface area contributed by atoms with Crippen molar-refractivity contribution in [2.24, 2.45) is 5.92 Å². The molecule has 18 nitrogen and oxygen atoms in total. The Morgan fingerprint density at radius 2 is 1.49 bits per heavy atom. The second-order valence-corrected chi connectivity index (χ2v) is 14.3. The van der Waals surface area contributed by atoms with E-state index in [0.29, 0.717) is 24.9 Å². The number of unbranched alkanes of at least 4 members (excludes halogenated alkanes) is 1. The number of hydrogen-bond donors (Lipinski definition) is 8. The third kappa shape index (κ3) is 16.7. The van der Waals surface area contributed by atoms with E-state index in [-0.39, 0.29) is 56.9 Å². The number of thioether (sulfide) groups is 1. The van der Waals surface area contributed by atoms with Crippen molar-refractivity contribution in [3.63, 3.8) is 0 Å². The van der Waals surface area contributed by atoms with Crippen LogP contribution >= 0.6 is 23.7 Å². The zero-order valence-electron chi connectivity index (χ0n) is 27.2. The molecule has 49 heavy (non-hydrogen) atoms. The summed E-state index contributed by atoms with van der Waals surface area (Å²) < 4.78 is 5.46. The maximum absolute atomic E-state index is 12.5. The number of ether oxygens (including phenoxy) is 1. The number of nitrogens with one attached hydrogen (secondary N) is 4. The molecule has 0 radical (unpaired) electrons. The number of rotatable bonds is 26. The van der Waals surface area contributed by atoms with Gasteiger partial charge in [0, 0.05) is 44.7 Å². The first-order valence-electron chi connectivity index (χ1n) is 15.5. The Labute approximate surface area is 290 Å². The summed E-state index contributed by atoms with van der Waals surface area (Å²) in [4.78, 5) is 104. The van der Waals surface area contributed by atoms with Crippen LogP contribution in [-0.2, 0) is 43.1 Å². The Morgan fingerprint density at radius 1 is 0.878 bits per heavy atom. The molecule has 1 fully saturated rings. The van der Waals surface area contributed by atoms with Crippen LogP contribution in [0.3, 0.4) is 0 Å². The van der Waals surface area contributed by atoms with E-state index < -0.39 is 75.6 Å². The van der Waals surface area contributed by atoms with Gasteiger partial charge in [0.05, 0.1) is 6.42 Å². The Hall–Kier alpha value is -4.07. The Balaban J connectivity index is 2.45. The minimum absolute atomic E-state index is 0.0320. The molecule has 0 saturated carbocycles. The quantitative estimate of drug-likeness (QED) is 0.0267. The van der Waals surface area contributed by atoms with Gasteiger partial charge in [-0.05, 0) is 51.0 Å². The molecule has 1 unspecified atom stereocenters. The van der Waals surface area contributed by atoms with Crippen LogP contribution in [0.2, 0.25) is 0 Å². The minimum atomic E-state index is -1.80. The summed E-state index contributed by atoms with van der Waals surface area (Å²) >= 11 is 1.10. The summed E-state index contributed by atoms with van der Waals surface area (Å²) in [6.45, 7) is 3.52. The standard InChI is InChI=1S/C29H44N4O14S2/c1-17(16-34)6-3-4-14-30-19(35)8-9-20(36)31-15-5-7-18(24(40)41)32-21(37)10-12-28(2,26(44)45)49-33-27(46)47-29(13-11-22(38)39)23(48-29)25(42)43/h16-18,23H,3-15H2,1-2H3,(H,30,35)(H,31,36)(H,32,37)(H,33,46)(H,38,39)(H,40,41)(H,42,43)(H,44,45)/t17-,18-,23?,28-,29+/m1/s1. The molecule has 1 aliphatic rings. The number of aldehydes is 1. The highest BCUT2D eigenvalue weighted by atomic mass is 32.2. The van der Waals surface area contributed by atoms with E-state index in [1.165, 1.54) is 6.92 Å². The second kappa shape index (κ2) is 21.1. The highest BCUT2D eigenvalue weighted by Gasteiger charge is 2.64. The first kappa shape index (κ1) is 43.0. The molecule has 1 rings (SSSR count). The van der Waals surface area contributed by atoms with Gasteiger partial charge in [0.25, 0.3) is 0 Å². The molecule has 0 bridgehead atoms. The van der Waals surface area contributed by atoms with E-state index in [2.05, 4.69) is 20.7 Å². The number of carboxylic acid groups (broad SMARTS) is 4. The number of carbonyl (C=O) groups excluding carboxylic acids is 5. The molecule has 20 heteroatoms. The van der Waals surface area contributed by atoms with Crippen molar-refractivity contribution in [3.8, 4) is 0 Å². The number of carboxylic acids is 4. The van der Waals surface area contributed by atoms with Gasteiger partial charge in [-0.2, -0.15) is 0 Å². The molecule has 5 atom stereocenters. The van der Waals surface area contributed by atoms with Crippen molar-refractivity contribution in [3.05, 3.63) is 0 Å². The summed E-state index contributed by atoms with van der Waals surface area (Å²) in [6.07, 6.45) is 0.290. The number of amides is 4. The Morgan fingerprint density at radius 3 is 2.00 bits per heavy atom. The maximum atomic E-state index is 12.5. The predicted octanol–water partition coefficient (Wildman–Crippen LogP) is 1.11. The molecule has 1 saturated heterocycles. The molecule has 0 aromatic heterocycles. The van der Waals surface area contributed by atoms with Gasteiger partial charge in [0.2, 0.25) is 17.7 Å². The van der Waals surface area contributed by atoms with Crippen molar-refractivity contribution in [1.29, 1.82) is 0 Å². The summed E-state index contributed by atoms with van der Waals surface area (Å²) in [5, 5.41) is 43.7. The first-order chi connectivity index (χ1) is 22.9. The molecule has 0 aliphatic carbocycles. The zero-order valence-corrected chi connectivity index (χ0v) is 28.8. The molecule has 1 aliphatic heterocycles. The molecule has 4 amide bonds. The zero-order chi connectivity index (χ0) is 37.2. The van der Waals surface area contributed by atoms with Gasteiger partial charge in [-0.3, -0.25) is 33.5 Å². The normalized spacial score (nSPS) is 18.8. The van der Waals surface area contributed by atoms with Crippen molar-refractivity contribution < 1.29 is 68.3 Å². The monoisotopic (exact) mass is 736 g/mol. The molecule has 0 aromatic carbocycles. The molecule has 1 heterocycles. The first-order valence-corrected chi connectivity index (χ1v) is 17.2. The summed E-state index contributed by atoms with van der Waals surface area (Å²) in [5.74, 6) is -6.87. The second-order valence-electron chi connectivity index (χ2n) is 11.6. The van der Waals surface area contributed by atoms with Crippen LogP contribution in [0.15, 0.2) is 0 Å². The van der Waals surface area contributed by atoms with Crippen molar-refractivity contribution >= 4 is 77.7 Å². The van der Waals surface area contributed by atoms with Gasteiger partial charge in [0.1, 0.15) is 17.1 Å². The van der Waals surface area contributed by atoms with Crippen LogP contribution in [0.1, 0.15) is 84.5 Å². The van der Waals surface area contributed by atoms with Gasteiger partial charge in [-0.15, -0.1) is 0 Å². The molecule has 276 valence electrons. The third-order valence-electron chi connectivity index (χ3n) is 7.32. The largest absolute Gasteiger partial charge is 0.481 e. The average Bonchev–Trinajstić information content (AvgIpc) is 3.75. The van der Waals surface area contributed by atoms with Crippen LogP contribution in [-0.4, -0.2) is 108 Å². The van der Waals surface area contributed by atoms with Crippen LogP contribution in [0, 0.1) is 5.92 Å². The highest BCUT2D eigenvalue weighted by molar-refractivity contribution is 8.09. The fraction of sp³-hybridized carbons (Fsp3) is 0.690. The summed E-state index contributed by atoms with van der Waals surface area (Å²) in [7, 11) is 0. The van der Waals surface area contributed by atoms with Crippen molar-refractivity contribution in [1.82, 2.24) is 20.7 Å². The van der Waals surface area contributed by atoms with Crippen LogP contribution in [0.4, 0.5) is 4.79 Å². The predicted molar refractivity (Wildman–Crippen MR) is 174 cm³/mol. The SMILES string of the molecule is C[C@@H](C=O)CCCCNC(=O)CCC(=O)NCCC[C@@H](NC(=O)CC[C@@](C)(SNC(=O)O[C@@]1(CCC(=O)O)SC1C(=O)O)C(=O)O)C(=O)O. The lowest BCUT2D eigenvalue weighted by molar-refractivity contribution is -0.142. The van der Waals surface area contributed by atoms with Gasteiger partial charge in [-0.1, -0.05) is 25.1 Å². The van der Waals surface area contributed by atoms with E-state index in [4.69, 9.17) is 9.84 Å². The Kier molecular flexibility index (Phi) is 18.5. The molecule has 0 aromatic rings. The smallest absolute Gasteiger partial charge is 0.418 e. The van der Waals surface area contributed by atoms with E-state index >= 15 is 0 Å². The molecule has 8 N–H and O–H groups in total. The third-order valence-corrected chi connectivity index (χ3v) is 9.91. The van der Waals surface area contributed by atoms with Gasteiger partial charge in [-0.25, -0.2) is 9.59 Å². The van der Waals surface area contributed by atoms with E-state index in [0.717, 1.165) is 30.9 Å².